The second-order valence-electron chi connectivity index (χ2n) is 5.07. The zero-order valence-electron chi connectivity index (χ0n) is 12.8. The molecule has 0 radical (unpaired) electrons. The zero-order chi connectivity index (χ0) is 15.0. The molecular formula is C14H26N4O2. The van der Waals surface area contributed by atoms with Gasteiger partial charge in [-0.05, 0) is 12.8 Å². The fraction of sp³-hybridized carbons (Fsp3) is 0.786. The van der Waals surface area contributed by atoms with E-state index in [1.54, 1.807) is 11.7 Å². The summed E-state index contributed by atoms with van der Waals surface area (Å²) in [4.78, 5) is 10.8. The minimum Gasteiger partial charge on any atom is -0.365 e. The van der Waals surface area contributed by atoms with Crippen molar-refractivity contribution in [3.8, 4) is 0 Å². The Hall–Kier alpha value is -1.59. The SMILES string of the molecule is CCCCCCCCNc1c([N+](=O)[O-])c(CC)nn1C. The first-order valence-corrected chi connectivity index (χ1v) is 7.55. The van der Waals surface area contributed by atoms with Gasteiger partial charge in [-0.1, -0.05) is 46.0 Å². The van der Waals surface area contributed by atoms with E-state index in [0.717, 1.165) is 13.0 Å². The van der Waals surface area contributed by atoms with E-state index in [1.807, 2.05) is 6.92 Å². The summed E-state index contributed by atoms with van der Waals surface area (Å²) in [6.45, 7) is 4.84. The van der Waals surface area contributed by atoms with Crippen LogP contribution in [0.3, 0.4) is 0 Å². The van der Waals surface area contributed by atoms with Crippen molar-refractivity contribution in [3.63, 3.8) is 0 Å². The fourth-order valence-corrected chi connectivity index (χ4v) is 2.31. The molecule has 0 aliphatic rings. The monoisotopic (exact) mass is 282 g/mol. The Morgan fingerprint density at radius 2 is 1.85 bits per heavy atom. The average Bonchev–Trinajstić information content (AvgIpc) is 2.74. The van der Waals surface area contributed by atoms with E-state index in [-0.39, 0.29) is 10.6 Å². The topological polar surface area (TPSA) is 73.0 Å². The zero-order valence-corrected chi connectivity index (χ0v) is 12.8. The highest BCUT2D eigenvalue weighted by atomic mass is 16.6. The Kier molecular flexibility index (Phi) is 7.04. The number of unbranched alkanes of at least 4 members (excludes halogenated alkanes) is 5. The molecule has 20 heavy (non-hydrogen) atoms. The smallest absolute Gasteiger partial charge is 0.333 e. The Bertz CT molecular complexity index is 429. The van der Waals surface area contributed by atoms with Crippen LogP contribution in [0, 0.1) is 10.1 Å². The molecule has 1 aromatic heterocycles. The van der Waals surface area contributed by atoms with E-state index in [0.29, 0.717) is 17.9 Å². The van der Waals surface area contributed by atoms with Crippen molar-refractivity contribution >= 4 is 11.5 Å². The molecule has 1 heterocycles. The lowest BCUT2D eigenvalue weighted by Crippen LogP contribution is -2.08. The molecule has 0 aromatic carbocycles. The van der Waals surface area contributed by atoms with E-state index in [1.165, 1.54) is 32.1 Å². The molecule has 0 spiro atoms. The number of aryl methyl sites for hydroxylation is 2. The average molecular weight is 282 g/mol. The molecule has 0 bridgehead atoms. The van der Waals surface area contributed by atoms with E-state index in [4.69, 9.17) is 0 Å². The Balaban J connectivity index is 2.47. The van der Waals surface area contributed by atoms with Crippen molar-refractivity contribution in [3.05, 3.63) is 15.8 Å². The molecule has 0 aliphatic carbocycles. The van der Waals surface area contributed by atoms with Crippen LogP contribution in [0.25, 0.3) is 0 Å². The molecule has 0 atom stereocenters. The second kappa shape index (κ2) is 8.55. The van der Waals surface area contributed by atoms with Crippen LogP contribution in [-0.4, -0.2) is 21.2 Å². The highest BCUT2D eigenvalue weighted by molar-refractivity contribution is 5.59. The number of nitrogens with one attached hydrogen (secondary N) is 1. The number of rotatable bonds is 10. The molecule has 0 saturated carbocycles. The first kappa shape index (κ1) is 16.5. The molecule has 0 amide bonds. The lowest BCUT2D eigenvalue weighted by atomic mass is 10.1. The van der Waals surface area contributed by atoms with Crippen LogP contribution in [0.2, 0.25) is 0 Å². The van der Waals surface area contributed by atoms with Gasteiger partial charge < -0.3 is 5.32 Å². The third-order valence-electron chi connectivity index (χ3n) is 3.43. The van der Waals surface area contributed by atoms with Crippen LogP contribution in [0.1, 0.15) is 58.1 Å². The number of anilines is 1. The fourth-order valence-electron chi connectivity index (χ4n) is 2.31. The summed E-state index contributed by atoms with van der Waals surface area (Å²) >= 11 is 0. The van der Waals surface area contributed by atoms with Crippen LogP contribution in [0.15, 0.2) is 0 Å². The summed E-state index contributed by atoms with van der Waals surface area (Å²) in [5.74, 6) is 0.528. The maximum Gasteiger partial charge on any atom is 0.333 e. The third kappa shape index (κ3) is 4.51. The van der Waals surface area contributed by atoms with Gasteiger partial charge in [0.2, 0.25) is 5.82 Å². The van der Waals surface area contributed by atoms with Gasteiger partial charge in [-0.15, -0.1) is 0 Å². The molecule has 6 nitrogen and oxygen atoms in total. The molecule has 0 fully saturated rings. The molecule has 1 rings (SSSR count). The van der Waals surface area contributed by atoms with Gasteiger partial charge in [0.15, 0.2) is 0 Å². The minimum absolute atomic E-state index is 0.126. The van der Waals surface area contributed by atoms with E-state index < -0.39 is 0 Å². The van der Waals surface area contributed by atoms with Crippen LogP contribution in [-0.2, 0) is 13.5 Å². The lowest BCUT2D eigenvalue weighted by Gasteiger charge is -2.06. The third-order valence-corrected chi connectivity index (χ3v) is 3.43. The summed E-state index contributed by atoms with van der Waals surface area (Å²) in [5.41, 5.74) is 0.670. The van der Waals surface area contributed by atoms with Crippen LogP contribution >= 0.6 is 0 Å². The number of aromatic nitrogens is 2. The number of hydrogen-bond acceptors (Lipinski definition) is 4. The molecule has 0 saturated heterocycles. The van der Waals surface area contributed by atoms with Crippen LogP contribution < -0.4 is 5.32 Å². The molecule has 6 heteroatoms. The summed E-state index contributed by atoms with van der Waals surface area (Å²) in [6.07, 6.45) is 7.83. The molecule has 0 unspecified atom stereocenters. The molecule has 1 aromatic rings. The standard InChI is InChI=1S/C14H26N4O2/c1-4-6-7-8-9-10-11-15-14-13(18(19)20)12(5-2)16-17(14)3/h15H,4-11H2,1-3H3. The molecule has 1 N–H and O–H groups in total. The van der Waals surface area contributed by atoms with E-state index in [2.05, 4.69) is 17.3 Å². The number of nitro groups is 1. The number of nitrogens with zero attached hydrogens (tertiary/aromatic N) is 3. The van der Waals surface area contributed by atoms with Gasteiger partial charge in [-0.3, -0.25) is 10.1 Å². The van der Waals surface area contributed by atoms with Gasteiger partial charge in [0.25, 0.3) is 0 Å². The Morgan fingerprint density at radius 3 is 2.45 bits per heavy atom. The largest absolute Gasteiger partial charge is 0.365 e. The maximum atomic E-state index is 11.1. The summed E-state index contributed by atoms with van der Waals surface area (Å²) in [5, 5.41) is 18.5. The minimum atomic E-state index is -0.338. The lowest BCUT2D eigenvalue weighted by molar-refractivity contribution is -0.384. The Morgan fingerprint density at radius 1 is 1.20 bits per heavy atom. The molecule has 0 aliphatic heterocycles. The van der Waals surface area contributed by atoms with Gasteiger partial charge >= 0.3 is 5.69 Å². The van der Waals surface area contributed by atoms with Crippen molar-refractivity contribution in [2.75, 3.05) is 11.9 Å². The second-order valence-corrected chi connectivity index (χ2v) is 5.07. The van der Waals surface area contributed by atoms with Crippen molar-refractivity contribution in [2.24, 2.45) is 7.05 Å². The Labute approximate surface area is 120 Å². The van der Waals surface area contributed by atoms with E-state index >= 15 is 0 Å². The van der Waals surface area contributed by atoms with Gasteiger partial charge in [0.05, 0.1) is 4.92 Å². The summed E-state index contributed by atoms with van der Waals surface area (Å²) in [6, 6.07) is 0. The van der Waals surface area contributed by atoms with Crippen LogP contribution in [0.4, 0.5) is 11.5 Å². The van der Waals surface area contributed by atoms with Gasteiger partial charge in [-0.2, -0.15) is 5.10 Å². The number of hydrogen-bond donors (Lipinski definition) is 1. The first-order valence-electron chi connectivity index (χ1n) is 7.55. The quantitative estimate of drug-likeness (QED) is 0.404. The highest BCUT2D eigenvalue weighted by Gasteiger charge is 2.24. The van der Waals surface area contributed by atoms with Crippen molar-refractivity contribution in [1.29, 1.82) is 0 Å². The van der Waals surface area contributed by atoms with Crippen molar-refractivity contribution < 1.29 is 4.92 Å². The molecular weight excluding hydrogens is 256 g/mol. The van der Waals surface area contributed by atoms with Gasteiger partial charge in [0, 0.05) is 13.6 Å². The van der Waals surface area contributed by atoms with Gasteiger partial charge in [-0.25, -0.2) is 4.68 Å². The van der Waals surface area contributed by atoms with Gasteiger partial charge in [0.1, 0.15) is 5.69 Å². The normalized spacial score (nSPS) is 10.8. The predicted molar refractivity (Wildman–Crippen MR) is 81.1 cm³/mol. The maximum absolute atomic E-state index is 11.1. The summed E-state index contributed by atoms with van der Waals surface area (Å²) in [7, 11) is 1.75. The van der Waals surface area contributed by atoms with Crippen molar-refractivity contribution in [1.82, 2.24) is 9.78 Å². The highest BCUT2D eigenvalue weighted by Crippen LogP contribution is 2.28. The van der Waals surface area contributed by atoms with E-state index in [9.17, 15) is 10.1 Å². The summed E-state index contributed by atoms with van der Waals surface area (Å²) < 4.78 is 1.58. The van der Waals surface area contributed by atoms with Crippen LogP contribution in [0.5, 0.6) is 0 Å². The first-order chi connectivity index (χ1) is 9.61. The predicted octanol–water partition coefficient (Wildman–Crippen LogP) is 3.66. The van der Waals surface area contributed by atoms with Crippen molar-refractivity contribution in [2.45, 2.75) is 58.8 Å². The molecule has 114 valence electrons.